The third-order valence-corrected chi connectivity index (χ3v) is 5.31. The maximum Gasteiger partial charge on any atom is 0.351 e. The molecule has 10 nitrogen and oxygen atoms in total. The van der Waals surface area contributed by atoms with Crippen LogP contribution in [-0.2, 0) is 11.3 Å². The molecular formula is C19H17FN8O2S. The summed E-state index contributed by atoms with van der Waals surface area (Å²) in [5.74, 6) is 0.0977. The number of carbonyl (C=O) groups excluding carboxylic acids is 1. The van der Waals surface area contributed by atoms with E-state index in [1.807, 2.05) is 18.2 Å². The minimum absolute atomic E-state index is 0.0139. The SMILES string of the molecule is CC(=O)Nc1nc2cc(-c3cnc(-n4cnn(C/C(=C/F)CN)c4=O)cn3)ccc2s1. The van der Waals surface area contributed by atoms with Gasteiger partial charge in [0.2, 0.25) is 5.91 Å². The summed E-state index contributed by atoms with van der Waals surface area (Å²) >= 11 is 1.38. The molecule has 31 heavy (non-hydrogen) atoms. The van der Waals surface area contributed by atoms with Gasteiger partial charge in [-0.05, 0) is 17.7 Å². The highest BCUT2D eigenvalue weighted by molar-refractivity contribution is 7.22. The third-order valence-electron chi connectivity index (χ3n) is 4.35. The molecule has 0 unspecified atom stereocenters. The predicted molar refractivity (Wildman–Crippen MR) is 115 cm³/mol. The standard InChI is InChI=1S/C19H17FN8O2S/c1-11(29)25-18-26-14-4-13(2-3-16(14)31-18)15-7-23-17(8-22-15)27-10-24-28(19(27)30)9-12(5-20)6-21/h2-5,7-8,10H,6,9,21H2,1H3,(H,25,26,29)/b12-5+. The van der Waals surface area contributed by atoms with E-state index in [0.717, 1.165) is 20.5 Å². The molecule has 0 atom stereocenters. The lowest BCUT2D eigenvalue weighted by molar-refractivity contribution is -0.114. The fourth-order valence-electron chi connectivity index (χ4n) is 2.82. The Hall–Kier alpha value is -3.77. The zero-order chi connectivity index (χ0) is 22.0. The molecule has 0 spiro atoms. The first-order valence-corrected chi connectivity index (χ1v) is 9.93. The average molecular weight is 440 g/mol. The highest BCUT2D eigenvalue weighted by atomic mass is 32.1. The van der Waals surface area contributed by atoms with Gasteiger partial charge in [0.15, 0.2) is 10.9 Å². The lowest BCUT2D eigenvalue weighted by Gasteiger charge is -2.03. The van der Waals surface area contributed by atoms with Crippen molar-refractivity contribution < 1.29 is 9.18 Å². The number of carbonyl (C=O) groups is 1. The summed E-state index contributed by atoms with van der Waals surface area (Å²) in [5, 5.41) is 7.16. The number of amides is 1. The molecule has 0 radical (unpaired) electrons. The average Bonchev–Trinajstić information content (AvgIpc) is 3.33. The maximum absolute atomic E-state index is 12.7. The van der Waals surface area contributed by atoms with Crippen LogP contribution in [0.5, 0.6) is 0 Å². The van der Waals surface area contributed by atoms with Crippen molar-refractivity contribution in [3.05, 3.63) is 59.3 Å². The van der Waals surface area contributed by atoms with Crippen LogP contribution in [0.2, 0.25) is 0 Å². The van der Waals surface area contributed by atoms with Crippen LogP contribution in [0.15, 0.2) is 53.6 Å². The molecule has 0 aliphatic rings. The van der Waals surface area contributed by atoms with Gasteiger partial charge in [-0.3, -0.25) is 9.78 Å². The van der Waals surface area contributed by atoms with Gasteiger partial charge in [0, 0.05) is 19.0 Å². The Labute approximate surface area is 178 Å². The first-order valence-electron chi connectivity index (χ1n) is 9.12. The van der Waals surface area contributed by atoms with Gasteiger partial charge in [0.1, 0.15) is 6.33 Å². The number of nitrogens with zero attached hydrogens (tertiary/aromatic N) is 6. The molecular weight excluding hydrogens is 423 g/mol. The number of aromatic nitrogens is 6. The number of thiazole rings is 1. The number of halogens is 1. The number of anilines is 1. The molecule has 1 aromatic carbocycles. The van der Waals surface area contributed by atoms with Crippen molar-refractivity contribution in [3.8, 4) is 17.1 Å². The molecule has 12 heteroatoms. The van der Waals surface area contributed by atoms with Crippen LogP contribution >= 0.6 is 11.3 Å². The van der Waals surface area contributed by atoms with Gasteiger partial charge in [0.25, 0.3) is 0 Å². The van der Waals surface area contributed by atoms with Crippen LogP contribution < -0.4 is 16.7 Å². The number of rotatable bonds is 6. The fraction of sp³-hybridized carbons (Fsp3) is 0.158. The van der Waals surface area contributed by atoms with E-state index in [-0.39, 0.29) is 30.4 Å². The van der Waals surface area contributed by atoms with Gasteiger partial charge >= 0.3 is 5.69 Å². The second kappa shape index (κ2) is 8.53. The largest absolute Gasteiger partial charge is 0.351 e. The van der Waals surface area contributed by atoms with E-state index in [2.05, 4.69) is 25.4 Å². The van der Waals surface area contributed by atoms with E-state index >= 15 is 0 Å². The van der Waals surface area contributed by atoms with Crippen LogP contribution in [0.3, 0.4) is 0 Å². The van der Waals surface area contributed by atoms with Crippen LogP contribution in [-0.4, -0.2) is 41.8 Å². The molecule has 1 amide bonds. The molecule has 0 saturated carbocycles. The Kier molecular flexibility index (Phi) is 5.64. The normalized spacial score (nSPS) is 11.8. The van der Waals surface area contributed by atoms with Crippen molar-refractivity contribution in [1.29, 1.82) is 0 Å². The molecule has 4 aromatic rings. The predicted octanol–water partition coefficient (Wildman–Crippen LogP) is 1.87. The molecule has 0 saturated heterocycles. The molecule has 0 aliphatic heterocycles. The first-order chi connectivity index (χ1) is 15.0. The Bertz CT molecular complexity index is 1340. The second-order valence-electron chi connectivity index (χ2n) is 6.56. The summed E-state index contributed by atoms with van der Waals surface area (Å²) in [6.45, 7) is 1.37. The number of hydrogen-bond acceptors (Lipinski definition) is 8. The van der Waals surface area contributed by atoms with Gasteiger partial charge in [0.05, 0.1) is 41.2 Å². The summed E-state index contributed by atoms with van der Waals surface area (Å²) < 4.78 is 16.0. The number of fused-ring (bicyclic) bond motifs is 1. The van der Waals surface area contributed by atoms with E-state index < -0.39 is 5.69 Å². The molecule has 0 fully saturated rings. The molecule has 4 rings (SSSR count). The number of nitrogens with one attached hydrogen (secondary N) is 1. The Morgan fingerprint density at radius 1 is 1.32 bits per heavy atom. The van der Waals surface area contributed by atoms with Crippen molar-refractivity contribution in [2.75, 3.05) is 11.9 Å². The zero-order valence-electron chi connectivity index (χ0n) is 16.3. The highest BCUT2D eigenvalue weighted by Crippen LogP contribution is 2.29. The Morgan fingerprint density at radius 3 is 2.84 bits per heavy atom. The van der Waals surface area contributed by atoms with Gasteiger partial charge in [-0.1, -0.05) is 17.4 Å². The van der Waals surface area contributed by atoms with Crippen LogP contribution in [0.1, 0.15) is 6.92 Å². The van der Waals surface area contributed by atoms with E-state index in [9.17, 15) is 14.0 Å². The van der Waals surface area contributed by atoms with E-state index in [1.165, 1.54) is 41.5 Å². The molecule has 158 valence electrons. The summed E-state index contributed by atoms with van der Waals surface area (Å²) in [7, 11) is 0. The van der Waals surface area contributed by atoms with Gasteiger partial charge < -0.3 is 11.1 Å². The van der Waals surface area contributed by atoms with Crippen LogP contribution in [0, 0.1) is 0 Å². The number of benzene rings is 1. The van der Waals surface area contributed by atoms with E-state index in [4.69, 9.17) is 5.73 Å². The van der Waals surface area contributed by atoms with Crippen molar-refractivity contribution in [3.63, 3.8) is 0 Å². The van der Waals surface area contributed by atoms with Crippen molar-refractivity contribution in [1.82, 2.24) is 29.3 Å². The lowest BCUT2D eigenvalue weighted by atomic mass is 10.1. The van der Waals surface area contributed by atoms with E-state index in [1.54, 1.807) is 0 Å². The number of nitrogens with two attached hydrogens (primary N) is 1. The highest BCUT2D eigenvalue weighted by Gasteiger charge is 2.12. The quantitative estimate of drug-likeness (QED) is 0.467. The summed E-state index contributed by atoms with van der Waals surface area (Å²) in [5.41, 5.74) is 7.29. The van der Waals surface area contributed by atoms with Gasteiger partial charge in [-0.25, -0.2) is 28.4 Å². The zero-order valence-corrected chi connectivity index (χ0v) is 17.1. The minimum Gasteiger partial charge on any atom is -0.327 e. The maximum atomic E-state index is 12.7. The molecule has 3 aromatic heterocycles. The Morgan fingerprint density at radius 2 is 2.16 bits per heavy atom. The van der Waals surface area contributed by atoms with Crippen LogP contribution in [0.4, 0.5) is 9.52 Å². The van der Waals surface area contributed by atoms with Gasteiger partial charge in [-0.15, -0.1) is 0 Å². The van der Waals surface area contributed by atoms with Crippen molar-refractivity contribution >= 4 is 32.6 Å². The van der Waals surface area contributed by atoms with Crippen molar-refractivity contribution in [2.24, 2.45) is 5.73 Å². The Balaban J connectivity index is 1.59. The molecule has 0 bridgehead atoms. The topological polar surface area (TPSA) is 134 Å². The van der Waals surface area contributed by atoms with Crippen molar-refractivity contribution in [2.45, 2.75) is 13.5 Å². The smallest absolute Gasteiger partial charge is 0.327 e. The van der Waals surface area contributed by atoms with E-state index in [0.29, 0.717) is 17.2 Å². The third kappa shape index (κ3) is 4.25. The monoisotopic (exact) mass is 440 g/mol. The second-order valence-corrected chi connectivity index (χ2v) is 7.59. The van der Waals surface area contributed by atoms with Gasteiger partial charge in [-0.2, -0.15) is 5.10 Å². The minimum atomic E-state index is -0.482. The number of hydrogen-bond donors (Lipinski definition) is 2. The molecule has 3 N–H and O–H groups in total. The summed E-state index contributed by atoms with van der Waals surface area (Å²) in [4.78, 5) is 36.8. The summed E-state index contributed by atoms with van der Waals surface area (Å²) in [6, 6.07) is 5.62. The first kappa shape index (κ1) is 20.5. The molecule has 3 heterocycles. The lowest BCUT2D eigenvalue weighted by Crippen LogP contribution is -2.26. The summed E-state index contributed by atoms with van der Waals surface area (Å²) in [6.07, 6.45) is 4.65. The molecule has 0 aliphatic carbocycles. The fourth-order valence-corrected chi connectivity index (χ4v) is 3.72. The van der Waals surface area contributed by atoms with Crippen LogP contribution in [0.25, 0.3) is 27.3 Å².